The van der Waals surface area contributed by atoms with E-state index in [4.69, 9.17) is 4.74 Å². The molecule has 2 aromatic carbocycles. The number of carbonyl (C=O) groups is 1. The van der Waals surface area contributed by atoms with Crippen LogP contribution in [0.15, 0.2) is 59.8 Å². The Morgan fingerprint density at radius 3 is 2.89 bits per heavy atom. The number of anilines is 1. The van der Waals surface area contributed by atoms with Crippen molar-refractivity contribution >= 4 is 48.9 Å². The van der Waals surface area contributed by atoms with Crippen LogP contribution < -0.4 is 10.3 Å². The van der Waals surface area contributed by atoms with Crippen LogP contribution in [0.25, 0.3) is 25.9 Å². The van der Waals surface area contributed by atoms with Gasteiger partial charge < -0.3 is 9.64 Å². The zero-order valence-electron chi connectivity index (χ0n) is 18.9. The second-order valence-electron chi connectivity index (χ2n) is 8.52. The molecule has 1 fully saturated rings. The summed E-state index contributed by atoms with van der Waals surface area (Å²) in [6.07, 6.45) is 5.88. The molecule has 0 radical (unpaired) electrons. The Morgan fingerprint density at radius 2 is 2.09 bits per heavy atom. The van der Waals surface area contributed by atoms with Gasteiger partial charge in [0.25, 0.3) is 0 Å². The van der Waals surface area contributed by atoms with Crippen molar-refractivity contribution in [2.45, 2.75) is 19.3 Å². The van der Waals surface area contributed by atoms with Crippen molar-refractivity contribution in [3.8, 4) is 0 Å². The number of rotatable bonds is 4. The smallest absolute Gasteiger partial charge is 0.345 e. The number of benzene rings is 2. The number of ether oxygens (including phenoxy) is 1. The molecule has 1 aliphatic heterocycles. The van der Waals surface area contributed by atoms with Crippen molar-refractivity contribution in [1.29, 1.82) is 0 Å². The van der Waals surface area contributed by atoms with Gasteiger partial charge in [-0.15, -0.1) is 11.3 Å². The lowest BCUT2D eigenvalue weighted by Crippen LogP contribution is -2.23. The van der Waals surface area contributed by atoms with E-state index >= 15 is 4.39 Å². The van der Waals surface area contributed by atoms with Crippen molar-refractivity contribution in [3.63, 3.8) is 0 Å². The van der Waals surface area contributed by atoms with E-state index in [1.54, 1.807) is 31.6 Å². The third-order valence-corrected chi connectivity index (χ3v) is 7.66. The van der Waals surface area contributed by atoms with Crippen molar-refractivity contribution in [2.75, 3.05) is 24.6 Å². The molecule has 7 nitrogen and oxygen atoms in total. The van der Waals surface area contributed by atoms with E-state index in [1.165, 1.54) is 17.4 Å². The van der Waals surface area contributed by atoms with Crippen molar-refractivity contribution < 1.29 is 13.9 Å². The number of esters is 1. The van der Waals surface area contributed by atoms with E-state index < -0.39 is 17.2 Å². The van der Waals surface area contributed by atoms with Crippen LogP contribution >= 0.6 is 11.3 Å². The molecule has 9 heteroatoms. The van der Waals surface area contributed by atoms with Gasteiger partial charge in [0.2, 0.25) is 5.43 Å². The largest absolute Gasteiger partial charge is 0.462 e. The molecule has 1 unspecified atom stereocenters. The van der Waals surface area contributed by atoms with Gasteiger partial charge in [0.15, 0.2) is 0 Å². The highest BCUT2D eigenvalue weighted by molar-refractivity contribution is 7.24. The standard InChI is InChI=1S/C26H21FN4O3S/c1-2-34-26(33)23-24(32)16-11-17(27)21(30-10-7-15(14-30)18-13-28-8-9-29-18)12-20(16)31-19-5-3-4-6-22(19)35-25(23)31/h3-6,8-9,11-13,15H,2,7,10,14H2,1H3. The Hall–Kier alpha value is -3.85. The van der Waals surface area contributed by atoms with Crippen LogP contribution in [0.4, 0.5) is 10.1 Å². The molecule has 5 aromatic rings. The lowest BCUT2D eigenvalue weighted by atomic mass is 10.1. The minimum Gasteiger partial charge on any atom is -0.462 e. The molecule has 1 aliphatic rings. The maximum absolute atomic E-state index is 15.5. The summed E-state index contributed by atoms with van der Waals surface area (Å²) in [4.78, 5) is 37.3. The van der Waals surface area contributed by atoms with E-state index in [-0.39, 0.29) is 23.5 Å². The van der Waals surface area contributed by atoms with Crippen LogP contribution in [-0.2, 0) is 4.74 Å². The van der Waals surface area contributed by atoms with Gasteiger partial charge in [-0.05, 0) is 37.6 Å². The number of thiazole rings is 1. The van der Waals surface area contributed by atoms with Gasteiger partial charge in [0, 0.05) is 37.6 Å². The van der Waals surface area contributed by atoms with Crippen molar-refractivity contribution in [2.24, 2.45) is 0 Å². The second kappa shape index (κ2) is 8.42. The molecule has 0 aliphatic carbocycles. The third kappa shape index (κ3) is 3.46. The molecule has 35 heavy (non-hydrogen) atoms. The number of hydrogen-bond acceptors (Lipinski definition) is 7. The number of pyridine rings is 1. The monoisotopic (exact) mass is 488 g/mol. The van der Waals surface area contributed by atoms with Crippen molar-refractivity contribution in [1.82, 2.24) is 14.4 Å². The molecule has 1 saturated heterocycles. The normalized spacial score (nSPS) is 15.9. The van der Waals surface area contributed by atoms with Gasteiger partial charge in [-0.1, -0.05) is 12.1 Å². The molecule has 6 rings (SSSR count). The molecule has 3 aromatic heterocycles. The summed E-state index contributed by atoms with van der Waals surface area (Å²) < 4.78 is 23.5. The summed E-state index contributed by atoms with van der Waals surface area (Å²) >= 11 is 1.35. The highest BCUT2D eigenvalue weighted by Crippen LogP contribution is 2.36. The average molecular weight is 489 g/mol. The average Bonchev–Trinajstić information content (AvgIpc) is 3.50. The Balaban J connectivity index is 1.57. The fraction of sp³-hybridized carbons (Fsp3) is 0.231. The fourth-order valence-corrected chi connectivity index (χ4v) is 6.09. The minimum absolute atomic E-state index is 0.0587. The Kier molecular flexibility index (Phi) is 5.21. The summed E-state index contributed by atoms with van der Waals surface area (Å²) in [6, 6.07) is 10.7. The Labute approximate surface area is 203 Å². The summed E-state index contributed by atoms with van der Waals surface area (Å²) in [5.74, 6) is -1.04. The summed E-state index contributed by atoms with van der Waals surface area (Å²) in [7, 11) is 0. The van der Waals surface area contributed by atoms with E-state index in [1.807, 2.05) is 33.6 Å². The number of para-hydroxylation sites is 1. The molecule has 0 saturated carbocycles. The number of nitrogens with zero attached hydrogens (tertiary/aromatic N) is 4. The number of aromatic nitrogens is 3. The van der Waals surface area contributed by atoms with Gasteiger partial charge >= 0.3 is 5.97 Å². The lowest BCUT2D eigenvalue weighted by Gasteiger charge is -2.20. The summed E-state index contributed by atoms with van der Waals surface area (Å²) in [5, 5.41) is 0.153. The van der Waals surface area contributed by atoms with Crippen LogP contribution in [0.3, 0.4) is 0 Å². The first-order chi connectivity index (χ1) is 17.1. The first-order valence-corrected chi connectivity index (χ1v) is 12.3. The molecular formula is C26H21FN4O3S. The van der Waals surface area contributed by atoms with E-state index in [0.717, 1.165) is 22.3 Å². The first-order valence-electron chi connectivity index (χ1n) is 11.4. The van der Waals surface area contributed by atoms with E-state index in [2.05, 4.69) is 9.97 Å². The van der Waals surface area contributed by atoms with Gasteiger partial charge in [0.1, 0.15) is 16.2 Å². The predicted octanol–water partition coefficient (Wildman–Crippen LogP) is 4.77. The second-order valence-corrected chi connectivity index (χ2v) is 9.55. The Morgan fingerprint density at radius 1 is 1.23 bits per heavy atom. The molecule has 176 valence electrons. The maximum atomic E-state index is 15.5. The van der Waals surface area contributed by atoms with Crippen LogP contribution in [0.2, 0.25) is 0 Å². The SMILES string of the molecule is CCOC(=O)c1c(=O)c2cc(F)c(N3CCC(c4cnccn4)C3)cc2n2c1sc1ccccc12. The van der Waals surface area contributed by atoms with E-state index in [0.29, 0.717) is 29.1 Å². The molecule has 0 amide bonds. The zero-order chi connectivity index (χ0) is 24.1. The van der Waals surface area contributed by atoms with Gasteiger partial charge in [0.05, 0.1) is 39.1 Å². The topological polar surface area (TPSA) is 76.8 Å². The number of fused-ring (bicyclic) bond motifs is 5. The molecular weight excluding hydrogens is 467 g/mol. The van der Waals surface area contributed by atoms with Gasteiger partial charge in [-0.25, -0.2) is 9.18 Å². The van der Waals surface area contributed by atoms with E-state index in [9.17, 15) is 9.59 Å². The number of halogens is 1. The molecule has 0 bridgehead atoms. The van der Waals surface area contributed by atoms with Crippen molar-refractivity contribution in [3.05, 3.63) is 82.3 Å². The van der Waals surface area contributed by atoms with Gasteiger partial charge in [-0.2, -0.15) is 0 Å². The quantitative estimate of drug-likeness (QED) is 0.339. The third-order valence-electron chi connectivity index (χ3n) is 6.52. The molecule has 0 spiro atoms. The number of carbonyl (C=O) groups excluding carboxylic acids is 1. The fourth-order valence-electron chi connectivity index (χ4n) is 4.91. The first kappa shape index (κ1) is 21.7. The number of hydrogen-bond donors (Lipinski definition) is 0. The zero-order valence-corrected chi connectivity index (χ0v) is 19.7. The van der Waals surface area contributed by atoms with Crippen LogP contribution in [0, 0.1) is 5.82 Å². The molecule has 0 N–H and O–H groups in total. The van der Waals surface area contributed by atoms with Gasteiger partial charge in [-0.3, -0.25) is 19.2 Å². The lowest BCUT2D eigenvalue weighted by molar-refractivity contribution is 0.0527. The maximum Gasteiger partial charge on any atom is 0.345 e. The minimum atomic E-state index is -0.695. The van der Waals surface area contributed by atoms with Crippen LogP contribution in [-0.4, -0.2) is 40.0 Å². The molecule has 1 atom stereocenters. The summed E-state index contributed by atoms with van der Waals surface area (Å²) in [5.41, 5.74) is 2.15. The highest BCUT2D eigenvalue weighted by atomic mass is 32.1. The predicted molar refractivity (Wildman–Crippen MR) is 134 cm³/mol. The Bertz CT molecular complexity index is 1660. The highest BCUT2D eigenvalue weighted by Gasteiger charge is 2.29. The van der Waals surface area contributed by atoms with Crippen LogP contribution in [0.1, 0.15) is 35.3 Å². The van der Waals surface area contributed by atoms with Crippen LogP contribution in [0.5, 0.6) is 0 Å². The molecule has 4 heterocycles. The summed E-state index contributed by atoms with van der Waals surface area (Å²) in [6.45, 7) is 3.09.